The predicted octanol–water partition coefficient (Wildman–Crippen LogP) is 6.09. The van der Waals surface area contributed by atoms with Gasteiger partial charge in [0.25, 0.3) is 0 Å². The molecule has 27 heavy (non-hydrogen) atoms. The summed E-state index contributed by atoms with van der Waals surface area (Å²) in [6, 6.07) is 3.59. The van der Waals surface area contributed by atoms with E-state index in [-0.39, 0.29) is 5.78 Å². The average molecular weight is 389 g/mol. The fraction of sp³-hybridized carbons (Fsp3) is 0.455. The molecule has 1 aromatic carbocycles. The van der Waals surface area contributed by atoms with Crippen molar-refractivity contribution in [2.24, 2.45) is 0 Å². The molecule has 146 valence electrons. The molecule has 0 N–H and O–H groups in total. The van der Waals surface area contributed by atoms with Gasteiger partial charge in [0, 0.05) is 17.1 Å². The number of rotatable bonds is 8. The van der Waals surface area contributed by atoms with Crippen LogP contribution in [0.4, 0.5) is 0 Å². The van der Waals surface area contributed by atoms with Crippen LogP contribution in [0.25, 0.3) is 5.57 Å². The number of allylic oxidation sites excluding steroid dienone is 2. The van der Waals surface area contributed by atoms with Gasteiger partial charge in [-0.1, -0.05) is 30.5 Å². The van der Waals surface area contributed by atoms with Crippen molar-refractivity contribution in [3.63, 3.8) is 0 Å². The van der Waals surface area contributed by atoms with Gasteiger partial charge in [0.2, 0.25) is 5.88 Å². The molecular weight excluding hydrogens is 360 g/mol. The second-order valence-electron chi connectivity index (χ2n) is 6.93. The second-order valence-corrected chi connectivity index (χ2v) is 7.34. The lowest BCUT2D eigenvalue weighted by molar-refractivity contribution is 0.103. The molecule has 0 aliphatic heterocycles. The van der Waals surface area contributed by atoms with Crippen LogP contribution in [0.5, 0.6) is 5.88 Å². The third-order valence-corrected chi connectivity index (χ3v) is 5.17. The summed E-state index contributed by atoms with van der Waals surface area (Å²) in [5, 5.41) is 4.99. The Kier molecular flexibility index (Phi) is 7.25. The first kappa shape index (κ1) is 21.2. The zero-order chi connectivity index (χ0) is 20.1. The maximum atomic E-state index is 13.3. The molecule has 0 unspecified atom stereocenters. The van der Waals surface area contributed by atoms with E-state index in [1.54, 1.807) is 23.0 Å². The highest BCUT2D eigenvalue weighted by atomic mass is 35.5. The minimum Gasteiger partial charge on any atom is -0.477 e. The molecular formula is C22H29ClN2O2. The molecule has 0 amide bonds. The average Bonchev–Trinajstić information content (AvgIpc) is 3.04. The van der Waals surface area contributed by atoms with Crippen LogP contribution in [0.15, 0.2) is 23.9 Å². The van der Waals surface area contributed by atoms with Crippen LogP contribution in [-0.2, 0) is 6.54 Å². The van der Waals surface area contributed by atoms with Crippen LogP contribution in [0, 0.1) is 6.92 Å². The monoisotopic (exact) mass is 388 g/mol. The van der Waals surface area contributed by atoms with Crippen molar-refractivity contribution >= 4 is 23.0 Å². The highest BCUT2D eigenvalue weighted by Gasteiger charge is 2.23. The number of halogens is 1. The van der Waals surface area contributed by atoms with Crippen LogP contribution in [0.2, 0.25) is 5.02 Å². The molecule has 5 heteroatoms. The van der Waals surface area contributed by atoms with E-state index in [2.05, 4.69) is 12.0 Å². The van der Waals surface area contributed by atoms with Crippen molar-refractivity contribution in [1.29, 1.82) is 0 Å². The standard InChI is InChI=1S/C22H29ClN2O2/c1-7-9-12-27-22-18(13-24-25(22)8-2)21(26)17-10-11-19(23)20(16(17)6)15(5)14(3)4/h10-11,13H,7-9,12H2,1-6H3. The van der Waals surface area contributed by atoms with Gasteiger partial charge in [-0.25, -0.2) is 4.68 Å². The zero-order valence-corrected chi connectivity index (χ0v) is 17.9. The number of benzene rings is 1. The zero-order valence-electron chi connectivity index (χ0n) is 17.1. The fourth-order valence-electron chi connectivity index (χ4n) is 3.00. The van der Waals surface area contributed by atoms with Crippen LogP contribution in [0.1, 0.15) is 74.5 Å². The van der Waals surface area contributed by atoms with Gasteiger partial charge in [-0.15, -0.1) is 0 Å². The van der Waals surface area contributed by atoms with E-state index in [9.17, 15) is 4.79 Å². The Bertz CT molecular complexity index is 861. The molecule has 4 nitrogen and oxygen atoms in total. The Balaban J connectivity index is 2.52. The van der Waals surface area contributed by atoms with E-state index >= 15 is 0 Å². The van der Waals surface area contributed by atoms with Crippen molar-refractivity contribution in [2.45, 2.75) is 60.9 Å². The molecule has 2 aromatic rings. The molecule has 0 radical (unpaired) electrons. The molecule has 1 aromatic heterocycles. The number of carbonyl (C=O) groups excluding carboxylic acids is 1. The first-order chi connectivity index (χ1) is 12.8. The van der Waals surface area contributed by atoms with Crippen LogP contribution in [0.3, 0.4) is 0 Å². The summed E-state index contributed by atoms with van der Waals surface area (Å²) in [5.74, 6) is 0.462. The van der Waals surface area contributed by atoms with Gasteiger partial charge in [-0.3, -0.25) is 4.79 Å². The van der Waals surface area contributed by atoms with Crippen LogP contribution < -0.4 is 4.74 Å². The van der Waals surface area contributed by atoms with Gasteiger partial charge in [-0.2, -0.15) is 5.10 Å². The minimum absolute atomic E-state index is 0.0850. The van der Waals surface area contributed by atoms with Crippen LogP contribution >= 0.6 is 11.6 Å². The van der Waals surface area contributed by atoms with E-state index < -0.39 is 0 Å². The quantitative estimate of drug-likeness (QED) is 0.406. The summed E-state index contributed by atoms with van der Waals surface area (Å²) >= 11 is 6.45. The Morgan fingerprint density at radius 3 is 2.48 bits per heavy atom. The number of aryl methyl sites for hydroxylation is 1. The Morgan fingerprint density at radius 1 is 1.19 bits per heavy atom. The van der Waals surface area contributed by atoms with E-state index in [4.69, 9.17) is 16.3 Å². The largest absolute Gasteiger partial charge is 0.477 e. The Hall–Kier alpha value is -2.07. The molecule has 0 saturated heterocycles. The molecule has 0 spiro atoms. The molecule has 0 fully saturated rings. The number of nitrogens with zero attached hydrogens (tertiary/aromatic N) is 2. The molecule has 2 rings (SSSR count). The molecule has 1 heterocycles. The van der Waals surface area contributed by atoms with E-state index in [1.807, 2.05) is 34.6 Å². The van der Waals surface area contributed by atoms with Crippen molar-refractivity contribution in [3.8, 4) is 5.88 Å². The predicted molar refractivity (Wildman–Crippen MR) is 112 cm³/mol. The fourth-order valence-corrected chi connectivity index (χ4v) is 3.35. The summed E-state index contributed by atoms with van der Waals surface area (Å²) < 4.78 is 7.64. The lowest BCUT2D eigenvalue weighted by atomic mass is 9.92. The Labute approximate surface area is 167 Å². The summed E-state index contributed by atoms with van der Waals surface area (Å²) in [6.45, 7) is 13.4. The van der Waals surface area contributed by atoms with Crippen LogP contribution in [-0.4, -0.2) is 22.2 Å². The van der Waals surface area contributed by atoms with Crippen molar-refractivity contribution in [1.82, 2.24) is 9.78 Å². The maximum Gasteiger partial charge on any atom is 0.223 e. The summed E-state index contributed by atoms with van der Waals surface area (Å²) in [4.78, 5) is 13.3. The SMILES string of the molecule is CCCCOc1c(C(=O)c2ccc(Cl)c(C(C)=C(C)C)c2C)cnn1CC. The van der Waals surface area contributed by atoms with Gasteiger partial charge in [0.15, 0.2) is 5.78 Å². The van der Waals surface area contributed by atoms with Crippen molar-refractivity contribution in [2.75, 3.05) is 6.61 Å². The molecule has 0 saturated carbocycles. The number of aromatic nitrogens is 2. The summed E-state index contributed by atoms with van der Waals surface area (Å²) in [7, 11) is 0. The smallest absolute Gasteiger partial charge is 0.223 e. The summed E-state index contributed by atoms with van der Waals surface area (Å²) in [6.07, 6.45) is 3.58. The number of ether oxygens (including phenoxy) is 1. The lowest BCUT2D eigenvalue weighted by Crippen LogP contribution is -2.10. The first-order valence-corrected chi connectivity index (χ1v) is 9.88. The number of hydrogen-bond acceptors (Lipinski definition) is 3. The highest BCUT2D eigenvalue weighted by molar-refractivity contribution is 6.32. The third kappa shape index (κ3) is 4.44. The van der Waals surface area contributed by atoms with Gasteiger partial charge in [-0.05, 0) is 69.9 Å². The van der Waals surface area contributed by atoms with Gasteiger partial charge < -0.3 is 4.74 Å². The molecule has 0 aliphatic carbocycles. The number of hydrogen-bond donors (Lipinski definition) is 0. The summed E-state index contributed by atoms with van der Waals surface area (Å²) in [5.41, 5.74) is 5.21. The van der Waals surface area contributed by atoms with Gasteiger partial charge in [0.1, 0.15) is 5.56 Å². The highest BCUT2D eigenvalue weighted by Crippen LogP contribution is 2.33. The van der Waals surface area contributed by atoms with Crippen molar-refractivity contribution in [3.05, 3.63) is 51.2 Å². The maximum absolute atomic E-state index is 13.3. The molecule has 0 atom stereocenters. The second kappa shape index (κ2) is 9.23. The van der Waals surface area contributed by atoms with Gasteiger partial charge in [0.05, 0.1) is 12.8 Å². The first-order valence-electron chi connectivity index (χ1n) is 9.50. The van der Waals surface area contributed by atoms with E-state index in [1.165, 1.54) is 5.57 Å². The van der Waals surface area contributed by atoms with Gasteiger partial charge >= 0.3 is 0 Å². The number of carbonyl (C=O) groups is 1. The third-order valence-electron chi connectivity index (χ3n) is 4.86. The minimum atomic E-state index is -0.0850. The van der Waals surface area contributed by atoms with E-state index in [0.29, 0.717) is 35.2 Å². The topological polar surface area (TPSA) is 44.1 Å². The van der Waals surface area contributed by atoms with Crippen molar-refractivity contribution < 1.29 is 9.53 Å². The normalized spacial score (nSPS) is 10.8. The number of ketones is 1. The molecule has 0 aliphatic rings. The Morgan fingerprint density at radius 2 is 1.89 bits per heavy atom. The molecule has 0 bridgehead atoms. The van der Waals surface area contributed by atoms with E-state index in [0.717, 1.165) is 29.5 Å². The number of unbranched alkanes of at least 4 members (excludes halogenated alkanes) is 1. The lowest BCUT2D eigenvalue weighted by Gasteiger charge is -2.15.